The van der Waals surface area contributed by atoms with E-state index < -0.39 is 0 Å². The first-order valence-corrected chi connectivity index (χ1v) is 3.87. The number of hydrogen-bond donors (Lipinski definition) is 0. The summed E-state index contributed by atoms with van der Waals surface area (Å²) in [5.74, 6) is 0.603. The number of benzene rings is 1. The van der Waals surface area contributed by atoms with Gasteiger partial charge in [-0.25, -0.2) is 0 Å². The second-order valence-electron chi connectivity index (χ2n) is 2.59. The van der Waals surface area contributed by atoms with Crippen LogP contribution in [0.3, 0.4) is 0 Å². The Labute approximate surface area is 81.2 Å². The number of rotatable bonds is 2. The van der Waals surface area contributed by atoms with Crippen LogP contribution in [0.4, 0.5) is 5.69 Å². The zero-order valence-corrected chi connectivity index (χ0v) is 7.85. The molecule has 70 valence electrons. The average molecular weight is 188 g/mol. The third-order valence-corrected chi connectivity index (χ3v) is 1.87. The summed E-state index contributed by atoms with van der Waals surface area (Å²) in [6.45, 7) is 1.74. The zero-order valence-electron chi connectivity index (χ0n) is 7.85. The molecule has 0 N–H and O–H groups in total. The Morgan fingerprint density at radius 1 is 1.57 bits per heavy atom. The fourth-order valence-electron chi connectivity index (χ4n) is 1.17. The minimum atomic E-state index is 0.328. The Bertz CT molecular complexity index is 441. The highest BCUT2D eigenvalue weighted by atomic mass is 16.5. The van der Waals surface area contributed by atoms with Crippen LogP contribution < -0.4 is 4.74 Å². The van der Waals surface area contributed by atoms with Gasteiger partial charge in [-0.05, 0) is 24.6 Å². The van der Waals surface area contributed by atoms with Gasteiger partial charge in [-0.3, -0.25) is 0 Å². The zero-order chi connectivity index (χ0) is 10.6. The first-order chi connectivity index (χ1) is 6.74. The van der Waals surface area contributed by atoms with Gasteiger partial charge in [-0.15, -0.1) is 0 Å². The summed E-state index contributed by atoms with van der Waals surface area (Å²) in [5.41, 5.74) is 9.68. The average Bonchev–Trinajstić information content (AvgIpc) is 2.21. The van der Waals surface area contributed by atoms with E-state index in [1.807, 2.05) is 6.07 Å². The summed E-state index contributed by atoms with van der Waals surface area (Å²) < 4.78 is 5.04. The van der Waals surface area contributed by atoms with Gasteiger partial charge < -0.3 is 4.74 Å². The monoisotopic (exact) mass is 188 g/mol. The first kappa shape index (κ1) is 9.90. The van der Waals surface area contributed by atoms with Crippen LogP contribution >= 0.6 is 0 Å². The van der Waals surface area contributed by atoms with Gasteiger partial charge in [0.2, 0.25) is 0 Å². The summed E-state index contributed by atoms with van der Waals surface area (Å²) in [5, 5.41) is 12.2. The Morgan fingerprint density at radius 3 is 2.79 bits per heavy atom. The maximum atomic E-state index is 8.76. The minimum Gasteiger partial charge on any atom is -0.496 e. The van der Waals surface area contributed by atoms with Crippen LogP contribution in [0, 0.1) is 18.3 Å². The van der Waals surface area contributed by atoms with Crippen molar-refractivity contribution in [3.63, 3.8) is 0 Å². The van der Waals surface area contributed by atoms with E-state index in [0.29, 0.717) is 22.6 Å². The van der Waals surface area contributed by atoms with Crippen LogP contribution in [-0.2, 0) is 0 Å². The quantitative estimate of drug-likeness (QED) is 0.406. The topological polar surface area (TPSA) is 81.8 Å². The molecule has 1 rings (SSSR count). The fourth-order valence-corrected chi connectivity index (χ4v) is 1.17. The highest BCUT2D eigenvalue weighted by Gasteiger charge is 2.08. The van der Waals surface area contributed by atoms with E-state index in [2.05, 4.69) is 10.0 Å². The van der Waals surface area contributed by atoms with Gasteiger partial charge >= 0.3 is 0 Å². The van der Waals surface area contributed by atoms with Crippen LogP contribution in [0.1, 0.15) is 11.1 Å². The van der Waals surface area contributed by atoms with Crippen molar-refractivity contribution in [3.8, 4) is 11.8 Å². The lowest BCUT2D eigenvalue weighted by molar-refractivity contribution is 0.412. The molecule has 0 spiro atoms. The third kappa shape index (κ3) is 1.60. The first-order valence-electron chi connectivity index (χ1n) is 3.87. The summed E-state index contributed by atoms with van der Waals surface area (Å²) in [6, 6.07) is 5.19. The molecule has 0 aliphatic heterocycles. The summed E-state index contributed by atoms with van der Waals surface area (Å²) in [7, 11) is 1.52. The molecule has 0 saturated carbocycles. The van der Waals surface area contributed by atoms with Crippen molar-refractivity contribution in [1.82, 2.24) is 0 Å². The fraction of sp³-hybridized carbons (Fsp3) is 0.222. The molecule has 5 heteroatoms. The van der Waals surface area contributed by atoms with E-state index >= 15 is 0 Å². The van der Waals surface area contributed by atoms with E-state index in [4.69, 9.17) is 15.5 Å². The smallest absolute Gasteiger partial charge is 0.122 e. The van der Waals surface area contributed by atoms with Crippen molar-refractivity contribution in [1.29, 1.82) is 5.26 Å². The van der Waals surface area contributed by atoms with E-state index in [1.165, 1.54) is 7.11 Å². The van der Waals surface area contributed by atoms with Crippen molar-refractivity contribution in [3.05, 3.63) is 33.7 Å². The van der Waals surface area contributed by atoms with Crippen LogP contribution in [0.25, 0.3) is 10.4 Å². The van der Waals surface area contributed by atoms with E-state index in [-0.39, 0.29) is 0 Å². The SMILES string of the molecule is COc1ccc(C#N)c(N=[N+]=[N-])c1C. The Kier molecular flexibility index (Phi) is 2.95. The molecule has 0 heterocycles. The van der Waals surface area contributed by atoms with Crippen LogP contribution in [0.5, 0.6) is 5.75 Å². The Hall–Kier alpha value is -2.18. The molecule has 0 aliphatic rings. The normalized spacial score (nSPS) is 8.64. The number of nitrogens with zero attached hydrogens (tertiary/aromatic N) is 4. The molecule has 5 nitrogen and oxygen atoms in total. The second-order valence-corrected chi connectivity index (χ2v) is 2.59. The molecule has 0 atom stereocenters. The van der Waals surface area contributed by atoms with Crippen LogP contribution in [0.2, 0.25) is 0 Å². The minimum absolute atomic E-state index is 0.328. The number of nitriles is 1. The van der Waals surface area contributed by atoms with Gasteiger partial charge in [0, 0.05) is 10.5 Å². The third-order valence-electron chi connectivity index (χ3n) is 1.87. The molecule has 1 aromatic carbocycles. The largest absolute Gasteiger partial charge is 0.496 e. The van der Waals surface area contributed by atoms with Crippen molar-refractivity contribution in [2.75, 3.05) is 7.11 Å². The predicted molar refractivity (Wildman–Crippen MR) is 51.3 cm³/mol. The van der Waals surface area contributed by atoms with Gasteiger partial charge in [-0.2, -0.15) is 5.26 Å². The lowest BCUT2D eigenvalue weighted by Gasteiger charge is -2.07. The van der Waals surface area contributed by atoms with Gasteiger partial charge in [-0.1, -0.05) is 5.11 Å². The Balaban J connectivity index is 3.48. The summed E-state index contributed by atoms with van der Waals surface area (Å²) >= 11 is 0. The van der Waals surface area contributed by atoms with Gasteiger partial charge in [0.15, 0.2) is 0 Å². The van der Waals surface area contributed by atoms with Crippen molar-refractivity contribution >= 4 is 5.69 Å². The molecule has 14 heavy (non-hydrogen) atoms. The van der Waals surface area contributed by atoms with Crippen molar-refractivity contribution in [2.45, 2.75) is 6.92 Å². The molecule has 0 unspecified atom stereocenters. The van der Waals surface area contributed by atoms with Gasteiger partial charge in [0.1, 0.15) is 5.75 Å². The molecule has 0 saturated heterocycles. The number of hydrogen-bond acceptors (Lipinski definition) is 3. The maximum absolute atomic E-state index is 8.76. The molecule has 0 aliphatic carbocycles. The van der Waals surface area contributed by atoms with E-state index in [1.54, 1.807) is 19.1 Å². The number of azide groups is 1. The number of ether oxygens (including phenoxy) is 1. The molecule has 0 bridgehead atoms. The van der Waals surface area contributed by atoms with Crippen LogP contribution in [-0.4, -0.2) is 7.11 Å². The highest BCUT2D eigenvalue weighted by molar-refractivity contribution is 5.62. The maximum Gasteiger partial charge on any atom is 0.122 e. The second kappa shape index (κ2) is 4.17. The standard InChI is InChI=1S/C9H8N4O/c1-6-8(14-2)4-3-7(5-10)9(6)12-13-11/h3-4H,1-2H3. The number of methoxy groups -OCH3 is 1. The highest BCUT2D eigenvalue weighted by Crippen LogP contribution is 2.31. The molecule has 0 fully saturated rings. The molecule has 0 aromatic heterocycles. The molecule has 0 radical (unpaired) electrons. The molecular formula is C9H8N4O. The van der Waals surface area contributed by atoms with Gasteiger partial charge in [0.05, 0.1) is 24.4 Å². The Morgan fingerprint density at radius 2 is 2.29 bits per heavy atom. The molecule has 0 amide bonds. The van der Waals surface area contributed by atoms with Crippen LogP contribution in [0.15, 0.2) is 17.2 Å². The summed E-state index contributed by atoms with van der Waals surface area (Å²) in [6.07, 6.45) is 0. The van der Waals surface area contributed by atoms with Gasteiger partial charge in [0.25, 0.3) is 0 Å². The summed E-state index contributed by atoms with van der Waals surface area (Å²) in [4.78, 5) is 2.67. The van der Waals surface area contributed by atoms with Crippen molar-refractivity contribution < 1.29 is 4.74 Å². The predicted octanol–water partition coefficient (Wildman–Crippen LogP) is 2.82. The lowest BCUT2D eigenvalue weighted by Crippen LogP contribution is -1.89. The molecule has 1 aromatic rings. The molecular weight excluding hydrogens is 180 g/mol. The van der Waals surface area contributed by atoms with E-state index in [9.17, 15) is 0 Å². The van der Waals surface area contributed by atoms with E-state index in [0.717, 1.165) is 0 Å². The lowest BCUT2D eigenvalue weighted by atomic mass is 10.1. The van der Waals surface area contributed by atoms with Crippen molar-refractivity contribution in [2.24, 2.45) is 5.11 Å².